The van der Waals surface area contributed by atoms with Crippen molar-refractivity contribution >= 4 is 46.4 Å². The molecule has 0 radical (unpaired) electrons. The van der Waals surface area contributed by atoms with Crippen LogP contribution in [-0.2, 0) is 12.5 Å². The molecule has 0 saturated carbocycles. The second kappa shape index (κ2) is 6.71. The highest BCUT2D eigenvalue weighted by molar-refractivity contribution is 6.36. The van der Waals surface area contributed by atoms with Crippen LogP contribution in [0.2, 0.25) is 15.1 Å². The molecule has 2 aromatic rings. The van der Waals surface area contributed by atoms with E-state index in [2.05, 4.69) is 0 Å². The molecule has 0 unspecified atom stereocenters. The SMILES string of the molecule is ClCc1cccc(Cl)c1OCc1c(Cl)cccc1Cl. The molecule has 0 spiro atoms. The quantitative estimate of drug-likeness (QED) is 0.626. The van der Waals surface area contributed by atoms with E-state index in [-0.39, 0.29) is 6.61 Å². The van der Waals surface area contributed by atoms with E-state index in [0.29, 0.717) is 26.7 Å². The van der Waals surface area contributed by atoms with E-state index in [1.54, 1.807) is 24.3 Å². The van der Waals surface area contributed by atoms with Crippen LogP contribution in [0.25, 0.3) is 0 Å². The predicted molar refractivity (Wildman–Crippen MR) is 81.8 cm³/mol. The molecular weight excluding hydrogens is 326 g/mol. The molecule has 0 atom stereocenters. The number of benzene rings is 2. The number of hydrogen-bond donors (Lipinski definition) is 0. The molecule has 100 valence electrons. The van der Waals surface area contributed by atoms with Crippen LogP contribution in [0.5, 0.6) is 5.75 Å². The van der Waals surface area contributed by atoms with Gasteiger partial charge in [0.2, 0.25) is 0 Å². The molecule has 2 aromatic carbocycles. The Bertz CT molecular complexity index is 563. The average molecular weight is 336 g/mol. The van der Waals surface area contributed by atoms with Gasteiger partial charge in [-0.2, -0.15) is 0 Å². The summed E-state index contributed by atoms with van der Waals surface area (Å²) in [6, 6.07) is 10.8. The van der Waals surface area contributed by atoms with Crippen LogP contribution in [0, 0.1) is 0 Å². The van der Waals surface area contributed by atoms with Crippen LogP contribution in [0.1, 0.15) is 11.1 Å². The smallest absolute Gasteiger partial charge is 0.142 e. The Morgan fingerprint density at radius 3 is 2.05 bits per heavy atom. The van der Waals surface area contributed by atoms with Crippen LogP contribution >= 0.6 is 46.4 Å². The molecule has 0 aliphatic rings. The van der Waals surface area contributed by atoms with Gasteiger partial charge in [0.15, 0.2) is 0 Å². The Labute approximate surface area is 132 Å². The molecule has 0 N–H and O–H groups in total. The third-order valence-corrected chi connectivity index (χ3v) is 3.91. The van der Waals surface area contributed by atoms with Gasteiger partial charge in [0.25, 0.3) is 0 Å². The molecule has 0 heterocycles. The molecule has 0 fully saturated rings. The first-order valence-electron chi connectivity index (χ1n) is 5.52. The van der Waals surface area contributed by atoms with Gasteiger partial charge >= 0.3 is 0 Å². The van der Waals surface area contributed by atoms with Gasteiger partial charge < -0.3 is 4.74 Å². The summed E-state index contributed by atoms with van der Waals surface area (Å²) in [5.74, 6) is 0.890. The van der Waals surface area contributed by atoms with Crippen molar-refractivity contribution in [2.45, 2.75) is 12.5 Å². The van der Waals surface area contributed by atoms with Crippen molar-refractivity contribution in [3.05, 3.63) is 62.6 Å². The fraction of sp³-hybridized carbons (Fsp3) is 0.143. The van der Waals surface area contributed by atoms with Gasteiger partial charge in [-0.25, -0.2) is 0 Å². The standard InChI is InChI=1S/C14H10Cl4O/c15-7-9-3-1-6-13(18)14(9)19-8-10-11(16)4-2-5-12(10)17/h1-6H,7-8H2. The topological polar surface area (TPSA) is 9.23 Å². The maximum atomic E-state index is 6.10. The molecule has 0 aromatic heterocycles. The Morgan fingerprint density at radius 1 is 0.842 bits per heavy atom. The summed E-state index contributed by atoms with van der Waals surface area (Å²) in [6.45, 7) is 0.242. The molecule has 5 heteroatoms. The second-order valence-corrected chi connectivity index (χ2v) is 5.34. The first kappa shape index (κ1) is 14.8. The summed E-state index contributed by atoms with van der Waals surface area (Å²) in [5, 5.41) is 1.64. The Kier molecular flexibility index (Phi) is 5.23. The predicted octanol–water partition coefficient (Wildman–Crippen LogP) is 5.96. The van der Waals surface area contributed by atoms with Gasteiger partial charge in [0.1, 0.15) is 12.4 Å². The maximum absolute atomic E-state index is 6.10. The van der Waals surface area contributed by atoms with Gasteiger partial charge in [-0.1, -0.05) is 53.0 Å². The van der Waals surface area contributed by atoms with E-state index >= 15 is 0 Å². The van der Waals surface area contributed by atoms with Gasteiger partial charge in [-0.15, -0.1) is 11.6 Å². The first-order chi connectivity index (χ1) is 9.13. The van der Waals surface area contributed by atoms with E-state index in [1.807, 2.05) is 12.1 Å². The lowest BCUT2D eigenvalue weighted by Crippen LogP contribution is -2.00. The van der Waals surface area contributed by atoms with Crippen molar-refractivity contribution in [3.8, 4) is 5.75 Å². The molecule has 1 nitrogen and oxygen atoms in total. The van der Waals surface area contributed by atoms with Crippen molar-refractivity contribution in [1.29, 1.82) is 0 Å². The molecule has 2 rings (SSSR count). The molecule has 0 aliphatic carbocycles. The van der Waals surface area contributed by atoms with Crippen molar-refractivity contribution < 1.29 is 4.74 Å². The molecule has 0 saturated heterocycles. The lowest BCUT2D eigenvalue weighted by molar-refractivity contribution is 0.304. The minimum Gasteiger partial charge on any atom is -0.487 e. The first-order valence-corrected chi connectivity index (χ1v) is 7.19. The van der Waals surface area contributed by atoms with Crippen molar-refractivity contribution in [2.75, 3.05) is 0 Å². The zero-order chi connectivity index (χ0) is 13.8. The van der Waals surface area contributed by atoms with E-state index in [1.165, 1.54) is 0 Å². The highest BCUT2D eigenvalue weighted by Crippen LogP contribution is 2.32. The molecule has 0 amide bonds. The monoisotopic (exact) mass is 334 g/mol. The minimum absolute atomic E-state index is 0.242. The van der Waals surface area contributed by atoms with Crippen LogP contribution in [0.3, 0.4) is 0 Å². The summed E-state index contributed by atoms with van der Waals surface area (Å²) < 4.78 is 5.72. The van der Waals surface area contributed by atoms with Gasteiger partial charge in [-0.3, -0.25) is 0 Å². The van der Waals surface area contributed by atoms with Crippen LogP contribution in [-0.4, -0.2) is 0 Å². The maximum Gasteiger partial charge on any atom is 0.142 e. The fourth-order valence-corrected chi connectivity index (χ4v) is 2.60. The van der Waals surface area contributed by atoms with Gasteiger partial charge in [0, 0.05) is 21.2 Å². The van der Waals surface area contributed by atoms with E-state index < -0.39 is 0 Å². The second-order valence-electron chi connectivity index (χ2n) is 3.85. The van der Waals surface area contributed by atoms with E-state index in [9.17, 15) is 0 Å². The van der Waals surface area contributed by atoms with Crippen molar-refractivity contribution in [2.24, 2.45) is 0 Å². The molecule has 0 aliphatic heterocycles. The number of rotatable bonds is 4. The Morgan fingerprint density at radius 2 is 1.42 bits per heavy atom. The van der Waals surface area contributed by atoms with Crippen LogP contribution in [0.15, 0.2) is 36.4 Å². The van der Waals surface area contributed by atoms with Crippen LogP contribution in [0.4, 0.5) is 0 Å². The van der Waals surface area contributed by atoms with Crippen LogP contribution < -0.4 is 4.74 Å². The zero-order valence-electron chi connectivity index (χ0n) is 9.80. The summed E-state index contributed by atoms with van der Waals surface area (Å²) in [4.78, 5) is 0. The summed E-state index contributed by atoms with van der Waals surface area (Å²) in [7, 11) is 0. The summed E-state index contributed by atoms with van der Waals surface area (Å²) >= 11 is 24.1. The number of ether oxygens (including phenoxy) is 1. The lowest BCUT2D eigenvalue weighted by atomic mass is 10.2. The third kappa shape index (κ3) is 3.49. The number of para-hydroxylation sites is 1. The lowest BCUT2D eigenvalue weighted by Gasteiger charge is -2.13. The number of hydrogen-bond acceptors (Lipinski definition) is 1. The highest BCUT2D eigenvalue weighted by atomic mass is 35.5. The molecule has 0 bridgehead atoms. The largest absolute Gasteiger partial charge is 0.487 e. The van der Waals surface area contributed by atoms with Crippen molar-refractivity contribution in [3.63, 3.8) is 0 Å². The summed E-state index contributed by atoms with van der Waals surface area (Å²) in [5.41, 5.74) is 1.56. The van der Waals surface area contributed by atoms with E-state index in [4.69, 9.17) is 51.1 Å². The molecule has 19 heavy (non-hydrogen) atoms. The summed E-state index contributed by atoms with van der Waals surface area (Å²) in [6.07, 6.45) is 0. The Hall–Kier alpha value is -0.600. The van der Waals surface area contributed by atoms with Gasteiger partial charge in [0.05, 0.1) is 10.9 Å². The normalized spacial score (nSPS) is 10.5. The zero-order valence-corrected chi connectivity index (χ0v) is 12.8. The highest BCUT2D eigenvalue weighted by Gasteiger charge is 2.11. The average Bonchev–Trinajstić information content (AvgIpc) is 2.39. The minimum atomic E-state index is 0.242. The number of alkyl halides is 1. The molecular formula is C14H10Cl4O. The fourth-order valence-electron chi connectivity index (χ4n) is 1.63. The van der Waals surface area contributed by atoms with Crippen molar-refractivity contribution in [1.82, 2.24) is 0 Å². The van der Waals surface area contributed by atoms with Gasteiger partial charge in [-0.05, 0) is 18.2 Å². The Balaban J connectivity index is 2.24. The van der Waals surface area contributed by atoms with E-state index in [0.717, 1.165) is 11.1 Å². The number of halogens is 4. The third-order valence-electron chi connectivity index (χ3n) is 2.62.